The van der Waals surface area contributed by atoms with Crippen molar-refractivity contribution in [2.24, 2.45) is 0 Å². The van der Waals surface area contributed by atoms with Crippen LogP contribution in [0.1, 0.15) is 30.0 Å². The van der Waals surface area contributed by atoms with Crippen molar-refractivity contribution in [3.63, 3.8) is 0 Å². The summed E-state index contributed by atoms with van der Waals surface area (Å²) >= 11 is 0. The van der Waals surface area contributed by atoms with E-state index in [0.717, 1.165) is 6.07 Å². The highest BCUT2D eigenvalue weighted by Gasteiger charge is 2.35. The highest BCUT2D eigenvalue weighted by Crippen LogP contribution is 2.24. The average molecular weight is 460 g/mol. The molecule has 170 valence electrons. The maximum atomic E-state index is 13.1. The molecular formula is C20H23F3N2O5S. The predicted molar refractivity (Wildman–Crippen MR) is 105 cm³/mol. The quantitative estimate of drug-likeness (QED) is 0.661. The Morgan fingerprint density at radius 3 is 2.42 bits per heavy atom. The van der Waals surface area contributed by atoms with Gasteiger partial charge in [-0.05, 0) is 44.2 Å². The van der Waals surface area contributed by atoms with Gasteiger partial charge < -0.3 is 14.1 Å². The second-order valence-electron chi connectivity index (χ2n) is 7.46. The number of alkyl halides is 3. The molecule has 1 aromatic heterocycles. The van der Waals surface area contributed by atoms with Gasteiger partial charge in [0.25, 0.3) is 5.91 Å². The van der Waals surface area contributed by atoms with Gasteiger partial charge in [-0.25, -0.2) is 8.42 Å². The van der Waals surface area contributed by atoms with Crippen LogP contribution in [0, 0.1) is 0 Å². The van der Waals surface area contributed by atoms with Gasteiger partial charge in [-0.2, -0.15) is 17.5 Å². The fourth-order valence-corrected chi connectivity index (χ4v) is 5.09. The van der Waals surface area contributed by atoms with Gasteiger partial charge in [-0.15, -0.1) is 0 Å². The van der Waals surface area contributed by atoms with E-state index in [0.29, 0.717) is 4.90 Å². The number of hydrogen-bond acceptors (Lipinski definition) is 5. The van der Waals surface area contributed by atoms with Gasteiger partial charge in [-0.1, -0.05) is 6.07 Å². The molecule has 0 spiro atoms. The molecule has 0 bridgehead atoms. The van der Waals surface area contributed by atoms with Crippen LogP contribution in [-0.2, 0) is 21.3 Å². The third-order valence-electron chi connectivity index (χ3n) is 4.69. The molecule has 7 nitrogen and oxygen atoms in total. The number of sulfonamides is 1. The van der Waals surface area contributed by atoms with E-state index < -0.39 is 35.2 Å². The molecule has 2 atom stereocenters. The lowest BCUT2D eigenvalue weighted by molar-refractivity contribution is -0.142. The maximum absolute atomic E-state index is 13.1. The monoisotopic (exact) mass is 460 g/mol. The summed E-state index contributed by atoms with van der Waals surface area (Å²) in [6.07, 6.45) is -3.95. The van der Waals surface area contributed by atoms with E-state index in [1.165, 1.54) is 40.9 Å². The number of rotatable bonds is 6. The first-order valence-corrected chi connectivity index (χ1v) is 11.0. The fourth-order valence-electron chi connectivity index (χ4n) is 3.45. The number of halogens is 3. The van der Waals surface area contributed by atoms with Gasteiger partial charge in [-0.3, -0.25) is 4.79 Å². The third-order valence-corrected chi connectivity index (χ3v) is 6.52. The minimum absolute atomic E-state index is 0.142. The number of ether oxygens (including phenoxy) is 1. The molecule has 2 aromatic rings. The van der Waals surface area contributed by atoms with Crippen molar-refractivity contribution in [3.8, 4) is 0 Å². The van der Waals surface area contributed by atoms with Crippen LogP contribution in [0.15, 0.2) is 52.0 Å². The minimum Gasteiger partial charge on any atom is -0.467 e. The second-order valence-corrected chi connectivity index (χ2v) is 9.40. The Morgan fingerprint density at radius 1 is 1.16 bits per heavy atom. The van der Waals surface area contributed by atoms with Gasteiger partial charge in [0.15, 0.2) is 0 Å². The van der Waals surface area contributed by atoms with Gasteiger partial charge in [0.2, 0.25) is 10.0 Å². The first-order chi connectivity index (χ1) is 14.5. The van der Waals surface area contributed by atoms with Crippen molar-refractivity contribution in [2.45, 2.75) is 43.7 Å². The van der Waals surface area contributed by atoms with E-state index in [1.54, 1.807) is 13.8 Å². The Morgan fingerprint density at radius 2 is 1.84 bits per heavy atom. The summed E-state index contributed by atoms with van der Waals surface area (Å²) in [6, 6.07) is 8.01. The number of morpholine rings is 1. The maximum Gasteiger partial charge on any atom is 0.406 e. The second kappa shape index (κ2) is 9.01. The molecule has 1 aliphatic rings. The van der Waals surface area contributed by atoms with E-state index in [4.69, 9.17) is 9.15 Å². The molecule has 0 radical (unpaired) electrons. The van der Waals surface area contributed by atoms with E-state index >= 15 is 0 Å². The third kappa shape index (κ3) is 5.86. The summed E-state index contributed by atoms with van der Waals surface area (Å²) in [5, 5.41) is 0. The predicted octanol–water partition coefficient (Wildman–Crippen LogP) is 3.28. The van der Waals surface area contributed by atoms with Gasteiger partial charge in [0, 0.05) is 18.7 Å². The van der Waals surface area contributed by atoms with Crippen LogP contribution in [0.5, 0.6) is 0 Å². The zero-order chi connectivity index (χ0) is 22.8. The molecule has 1 aliphatic heterocycles. The number of amides is 1. The molecule has 1 saturated heterocycles. The number of furan rings is 1. The molecule has 0 saturated carbocycles. The van der Waals surface area contributed by atoms with Crippen LogP contribution in [0.25, 0.3) is 0 Å². The van der Waals surface area contributed by atoms with Crippen molar-refractivity contribution in [2.75, 3.05) is 19.6 Å². The van der Waals surface area contributed by atoms with E-state index in [1.807, 2.05) is 0 Å². The Kier molecular flexibility index (Phi) is 6.77. The molecule has 11 heteroatoms. The summed E-state index contributed by atoms with van der Waals surface area (Å²) in [6.45, 7) is 1.89. The lowest BCUT2D eigenvalue weighted by Gasteiger charge is -2.34. The number of carbonyl (C=O) groups excluding carboxylic acids is 1. The summed E-state index contributed by atoms with van der Waals surface area (Å²) < 4.78 is 77.2. The van der Waals surface area contributed by atoms with Gasteiger partial charge >= 0.3 is 6.18 Å². The van der Waals surface area contributed by atoms with Gasteiger partial charge in [0.05, 0.1) is 29.9 Å². The Hall–Kier alpha value is -2.37. The van der Waals surface area contributed by atoms with Crippen molar-refractivity contribution in [3.05, 3.63) is 54.0 Å². The zero-order valence-corrected chi connectivity index (χ0v) is 17.8. The zero-order valence-electron chi connectivity index (χ0n) is 17.0. The smallest absolute Gasteiger partial charge is 0.406 e. The van der Waals surface area contributed by atoms with Crippen molar-refractivity contribution in [1.82, 2.24) is 9.21 Å². The van der Waals surface area contributed by atoms with Crippen LogP contribution in [0.2, 0.25) is 0 Å². The summed E-state index contributed by atoms with van der Waals surface area (Å²) in [5.41, 5.74) is -0.161. The molecule has 2 unspecified atom stereocenters. The SMILES string of the molecule is CC1CN(S(=O)(=O)c2cccc(C(=O)N(Cc3ccco3)CC(F)(F)F)c2)CC(C)O1. The largest absolute Gasteiger partial charge is 0.467 e. The van der Waals surface area contributed by atoms with Crippen molar-refractivity contribution >= 4 is 15.9 Å². The highest BCUT2D eigenvalue weighted by atomic mass is 32.2. The standard InChI is InChI=1S/C20H23F3N2O5S/c1-14-10-25(11-15(2)30-14)31(27,28)18-7-3-5-16(9-18)19(26)24(13-20(21,22)23)12-17-6-4-8-29-17/h3-9,14-15H,10-13H2,1-2H3. The number of carbonyl (C=O) groups is 1. The van der Waals surface area contributed by atoms with Crippen LogP contribution in [0.3, 0.4) is 0 Å². The average Bonchev–Trinajstić information content (AvgIpc) is 3.18. The molecule has 1 amide bonds. The molecule has 2 heterocycles. The van der Waals surface area contributed by atoms with Crippen LogP contribution < -0.4 is 0 Å². The topological polar surface area (TPSA) is 80.1 Å². The minimum atomic E-state index is -4.63. The first-order valence-electron chi connectivity index (χ1n) is 9.60. The molecular weight excluding hydrogens is 437 g/mol. The van der Waals surface area contributed by atoms with Crippen molar-refractivity contribution < 1.29 is 35.5 Å². The Bertz CT molecular complexity index is 998. The molecule has 1 fully saturated rings. The van der Waals surface area contributed by atoms with E-state index in [9.17, 15) is 26.4 Å². The van der Waals surface area contributed by atoms with E-state index in [-0.39, 0.29) is 41.5 Å². The van der Waals surface area contributed by atoms with Crippen LogP contribution >= 0.6 is 0 Å². The Labute approximate surface area is 178 Å². The molecule has 0 N–H and O–H groups in total. The summed E-state index contributed by atoms with van der Waals surface area (Å²) in [7, 11) is -3.95. The lowest BCUT2D eigenvalue weighted by Crippen LogP contribution is -2.48. The molecule has 1 aromatic carbocycles. The van der Waals surface area contributed by atoms with Crippen LogP contribution in [0.4, 0.5) is 13.2 Å². The van der Waals surface area contributed by atoms with E-state index in [2.05, 4.69) is 0 Å². The fraction of sp³-hybridized carbons (Fsp3) is 0.450. The number of nitrogens with zero attached hydrogens (tertiary/aromatic N) is 2. The lowest BCUT2D eigenvalue weighted by atomic mass is 10.2. The number of hydrogen-bond donors (Lipinski definition) is 0. The summed E-state index contributed by atoms with van der Waals surface area (Å²) in [5.74, 6) is -0.771. The number of benzene rings is 1. The molecule has 0 aliphatic carbocycles. The normalized spacial score (nSPS) is 20.5. The van der Waals surface area contributed by atoms with Gasteiger partial charge in [0.1, 0.15) is 12.3 Å². The molecule has 3 rings (SSSR count). The first kappa shape index (κ1) is 23.3. The molecule has 31 heavy (non-hydrogen) atoms. The summed E-state index contributed by atoms with van der Waals surface area (Å²) in [4.78, 5) is 13.3. The van der Waals surface area contributed by atoms with Crippen molar-refractivity contribution in [1.29, 1.82) is 0 Å². The highest BCUT2D eigenvalue weighted by molar-refractivity contribution is 7.89. The Balaban J connectivity index is 1.88. The van der Waals surface area contributed by atoms with Crippen LogP contribution in [-0.4, -0.2) is 61.5 Å².